The van der Waals surface area contributed by atoms with Gasteiger partial charge in [0.1, 0.15) is 0 Å². The maximum Gasteiger partial charge on any atom is 0.0817 e. The van der Waals surface area contributed by atoms with Crippen LogP contribution in [0.5, 0.6) is 0 Å². The molecule has 0 aliphatic heterocycles. The lowest BCUT2D eigenvalue weighted by atomic mass is 10.0. The zero-order valence-corrected chi connectivity index (χ0v) is 28.3. The highest BCUT2D eigenvalue weighted by atomic mass is 31.1. The molecule has 0 rings (SSSR count). The minimum absolute atomic E-state index is 1.13. The molecule has 2 unspecified atom stereocenters. The van der Waals surface area contributed by atoms with Gasteiger partial charge >= 0.3 is 0 Å². The number of rotatable bonds is 29. The Bertz CT molecular complexity index is 389. The molecule has 0 aliphatic rings. The summed E-state index contributed by atoms with van der Waals surface area (Å²) in [6.07, 6.45) is 35.6. The molecule has 0 aliphatic carbocycles. The van der Waals surface area contributed by atoms with Crippen LogP contribution in [-0.4, -0.2) is 89.0 Å². The van der Waals surface area contributed by atoms with Crippen molar-refractivity contribution < 1.29 is 8.97 Å². The summed E-state index contributed by atoms with van der Waals surface area (Å²) in [6.45, 7) is 2.69. The average molecular weight is 547 g/mol. The van der Waals surface area contributed by atoms with Crippen LogP contribution in [0.3, 0.4) is 0 Å². The lowest BCUT2D eigenvalue weighted by molar-refractivity contribution is -0.867. The molecule has 0 radical (unpaired) electrons. The first-order valence-corrected chi connectivity index (χ1v) is 19.1. The van der Waals surface area contributed by atoms with Crippen LogP contribution in [0.15, 0.2) is 0 Å². The van der Waals surface area contributed by atoms with E-state index in [1.807, 2.05) is 0 Å². The number of quaternary nitrogens is 2. The predicted molar refractivity (Wildman–Crippen MR) is 174 cm³/mol. The Balaban J connectivity index is 3.07. The van der Waals surface area contributed by atoms with Gasteiger partial charge in [0.2, 0.25) is 0 Å². The van der Waals surface area contributed by atoms with Gasteiger partial charge in [0, 0.05) is 12.3 Å². The first kappa shape index (κ1) is 36.8. The van der Waals surface area contributed by atoms with E-state index in [9.17, 15) is 0 Å². The number of hydrogen-bond acceptors (Lipinski definition) is 0. The van der Waals surface area contributed by atoms with Crippen molar-refractivity contribution in [2.45, 2.75) is 128 Å². The fourth-order valence-corrected chi connectivity index (χ4v) is 7.92. The lowest BCUT2D eigenvalue weighted by Gasteiger charge is -2.23. The maximum atomic E-state index is 2.31. The highest BCUT2D eigenvalue weighted by Crippen LogP contribution is 2.18. The molecule has 0 spiro atoms. The molecule has 2 nitrogen and oxygen atoms in total. The Morgan fingerprint density at radius 3 is 0.667 bits per heavy atom. The molecule has 0 aromatic heterocycles. The molecule has 0 fully saturated rings. The molecule has 0 saturated heterocycles. The van der Waals surface area contributed by atoms with E-state index in [0.717, 1.165) is 8.97 Å². The van der Waals surface area contributed by atoms with E-state index < -0.39 is 0 Å². The molecule has 2 atom stereocenters. The summed E-state index contributed by atoms with van der Waals surface area (Å²) in [5, 5.41) is 0. The van der Waals surface area contributed by atoms with Crippen LogP contribution in [0.1, 0.15) is 128 Å². The first-order valence-electron chi connectivity index (χ1n) is 16.2. The van der Waals surface area contributed by atoms with Crippen LogP contribution in [-0.2, 0) is 0 Å². The van der Waals surface area contributed by atoms with Crippen molar-refractivity contribution in [1.82, 2.24) is 0 Å². The third kappa shape index (κ3) is 34.8. The quantitative estimate of drug-likeness (QED) is 0.0498. The van der Waals surface area contributed by atoms with Crippen molar-refractivity contribution in [3.8, 4) is 0 Å². The van der Waals surface area contributed by atoms with Crippen molar-refractivity contribution in [2.24, 2.45) is 0 Å². The van der Waals surface area contributed by atoms with Crippen LogP contribution in [0, 0.1) is 0 Å². The monoisotopic (exact) mass is 547 g/mol. The summed E-state index contributed by atoms with van der Waals surface area (Å²) in [6, 6.07) is 0. The highest BCUT2D eigenvalue weighted by Gasteiger charge is 2.06. The van der Waals surface area contributed by atoms with Gasteiger partial charge in [-0.05, 0) is 25.2 Å². The molecule has 0 aromatic rings. The van der Waals surface area contributed by atoms with Gasteiger partial charge in [-0.15, -0.1) is 17.2 Å². The second-order valence-corrected chi connectivity index (χ2v) is 16.6. The summed E-state index contributed by atoms with van der Waals surface area (Å²) in [5.74, 6) is 0. The lowest BCUT2D eigenvalue weighted by Crippen LogP contribution is -2.36. The Labute approximate surface area is 234 Å². The third-order valence-electron chi connectivity index (χ3n) is 7.38. The van der Waals surface area contributed by atoms with Crippen molar-refractivity contribution in [2.75, 3.05) is 80.0 Å². The highest BCUT2D eigenvalue weighted by molar-refractivity contribution is 7.38. The van der Waals surface area contributed by atoms with Gasteiger partial charge in [-0.2, -0.15) is 0 Å². The smallest absolute Gasteiger partial charge is 0.0817 e. The van der Waals surface area contributed by atoms with E-state index in [1.165, 1.54) is 183 Å². The standard InChI is InChI=1S/C32H72N2P2/c1-33(2,3)27-31-35-29-25-23-21-19-17-15-13-11-9-7-8-10-12-14-16-18-20-22-24-26-30-36-32-28-34(4,5)6/h35-36H,7-32H2,1-6H3/q+2. The van der Waals surface area contributed by atoms with Crippen LogP contribution < -0.4 is 0 Å². The van der Waals surface area contributed by atoms with E-state index in [0.29, 0.717) is 0 Å². The summed E-state index contributed by atoms with van der Waals surface area (Å²) < 4.78 is 2.26. The van der Waals surface area contributed by atoms with E-state index in [4.69, 9.17) is 0 Å². The van der Waals surface area contributed by atoms with Gasteiger partial charge in [-0.1, -0.05) is 116 Å². The molecular weight excluding hydrogens is 474 g/mol. The van der Waals surface area contributed by atoms with E-state index in [1.54, 1.807) is 0 Å². The van der Waals surface area contributed by atoms with Crippen molar-refractivity contribution in [3.05, 3.63) is 0 Å². The average Bonchev–Trinajstić information content (AvgIpc) is 2.79. The summed E-state index contributed by atoms with van der Waals surface area (Å²) in [7, 11) is 16.3. The fourth-order valence-electron chi connectivity index (χ4n) is 4.76. The Kier molecular flexibility index (Phi) is 26.6. The number of unbranched alkanes of at least 4 members (excludes halogenated alkanes) is 19. The molecule has 0 amide bonds. The Morgan fingerprint density at radius 2 is 0.472 bits per heavy atom. The van der Waals surface area contributed by atoms with Crippen LogP contribution in [0.2, 0.25) is 0 Å². The zero-order chi connectivity index (χ0) is 26.8. The van der Waals surface area contributed by atoms with Gasteiger partial charge < -0.3 is 8.97 Å². The minimum atomic E-state index is 1.13. The van der Waals surface area contributed by atoms with E-state index >= 15 is 0 Å². The molecule has 0 saturated carbocycles. The third-order valence-corrected chi connectivity index (χ3v) is 9.94. The van der Waals surface area contributed by atoms with Crippen LogP contribution in [0.4, 0.5) is 0 Å². The summed E-state index contributed by atoms with van der Waals surface area (Å²) in [5.41, 5.74) is 0. The minimum Gasteiger partial charge on any atom is -0.331 e. The fraction of sp³-hybridized carbons (Fsp3) is 1.00. The molecular formula is C32H72N2P2+2. The Morgan fingerprint density at radius 1 is 0.278 bits per heavy atom. The second-order valence-electron chi connectivity index (χ2n) is 13.6. The molecule has 0 bridgehead atoms. The molecule has 218 valence electrons. The van der Waals surface area contributed by atoms with E-state index in [2.05, 4.69) is 42.3 Å². The first-order chi connectivity index (χ1) is 17.2. The second kappa shape index (κ2) is 26.0. The van der Waals surface area contributed by atoms with Gasteiger partial charge in [0.15, 0.2) is 0 Å². The summed E-state index contributed by atoms with van der Waals surface area (Å²) >= 11 is 0. The summed E-state index contributed by atoms with van der Waals surface area (Å²) in [4.78, 5) is 0. The SMILES string of the molecule is C[N+](C)(C)CCPCCCCCCCCCCCCCCCCCCCCCCPCC[N+](C)(C)C. The topological polar surface area (TPSA) is 0 Å². The van der Waals surface area contributed by atoms with Gasteiger partial charge in [0.05, 0.1) is 55.4 Å². The molecule has 0 aromatic carbocycles. The van der Waals surface area contributed by atoms with Crippen LogP contribution >= 0.6 is 17.2 Å². The van der Waals surface area contributed by atoms with Gasteiger partial charge in [-0.3, -0.25) is 0 Å². The Hall–Kier alpha value is 0.780. The molecule has 0 N–H and O–H groups in total. The largest absolute Gasteiger partial charge is 0.331 e. The zero-order valence-electron chi connectivity index (χ0n) is 26.3. The van der Waals surface area contributed by atoms with Gasteiger partial charge in [-0.25, -0.2) is 0 Å². The molecule has 4 heteroatoms. The maximum absolute atomic E-state index is 2.31. The van der Waals surface area contributed by atoms with E-state index in [-0.39, 0.29) is 0 Å². The predicted octanol–water partition coefficient (Wildman–Crippen LogP) is 9.56. The van der Waals surface area contributed by atoms with Crippen molar-refractivity contribution in [1.29, 1.82) is 0 Å². The molecule has 0 heterocycles. The van der Waals surface area contributed by atoms with Crippen LogP contribution in [0.25, 0.3) is 0 Å². The molecule has 36 heavy (non-hydrogen) atoms. The normalized spacial score (nSPS) is 13.2. The number of hydrogen-bond donors (Lipinski definition) is 0. The van der Waals surface area contributed by atoms with Crippen molar-refractivity contribution in [3.63, 3.8) is 0 Å². The van der Waals surface area contributed by atoms with Gasteiger partial charge in [0.25, 0.3) is 0 Å². The van der Waals surface area contributed by atoms with Crippen molar-refractivity contribution >= 4 is 17.2 Å². The number of nitrogens with zero attached hydrogens (tertiary/aromatic N) is 2.